The maximum atomic E-state index is 13.9. The van der Waals surface area contributed by atoms with E-state index in [1.807, 2.05) is 6.92 Å². The molecule has 0 unspecified atom stereocenters. The van der Waals surface area contributed by atoms with Crippen LogP contribution in [0.15, 0.2) is 23.1 Å². The van der Waals surface area contributed by atoms with E-state index in [9.17, 15) is 22.0 Å². The summed E-state index contributed by atoms with van der Waals surface area (Å²) < 4.78 is 53.7. The van der Waals surface area contributed by atoms with Gasteiger partial charge in [0.2, 0.25) is 10.0 Å². The molecule has 0 aromatic heterocycles. The number of amides is 1. The molecule has 1 aliphatic heterocycles. The third kappa shape index (κ3) is 4.47. The number of nitrogens with one attached hydrogen (secondary N) is 2. The SMILES string of the molecule is C[C@@H](C(=O)NC1CCCC1)[NH+]1CCN(S(=O)(=O)c2cc(F)ccc2F)CC1. The minimum atomic E-state index is -4.10. The summed E-state index contributed by atoms with van der Waals surface area (Å²) in [6.45, 7) is 3.05. The first-order valence-electron chi connectivity index (χ1n) is 9.39. The van der Waals surface area contributed by atoms with E-state index in [1.54, 1.807) is 0 Å². The lowest BCUT2D eigenvalue weighted by Crippen LogP contribution is -3.19. The van der Waals surface area contributed by atoms with Crippen LogP contribution in [0.5, 0.6) is 0 Å². The smallest absolute Gasteiger partial charge is 0.278 e. The number of halogens is 2. The zero-order valence-corrected chi connectivity index (χ0v) is 16.2. The first-order chi connectivity index (χ1) is 12.8. The van der Waals surface area contributed by atoms with Gasteiger partial charge in [0.05, 0.1) is 26.2 Å². The zero-order valence-electron chi connectivity index (χ0n) is 15.4. The average molecular weight is 402 g/mol. The topological polar surface area (TPSA) is 70.9 Å². The number of quaternary nitrogens is 1. The maximum absolute atomic E-state index is 13.9. The number of nitrogens with zero attached hydrogens (tertiary/aromatic N) is 1. The fourth-order valence-corrected chi connectivity index (χ4v) is 5.36. The molecule has 2 N–H and O–H groups in total. The molecule has 1 saturated carbocycles. The largest absolute Gasteiger partial charge is 0.348 e. The summed E-state index contributed by atoms with van der Waals surface area (Å²) in [6.07, 6.45) is 4.30. The van der Waals surface area contributed by atoms with E-state index in [2.05, 4.69) is 5.32 Å². The lowest BCUT2D eigenvalue weighted by atomic mass is 10.2. The van der Waals surface area contributed by atoms with Gasteiger partial charge >= 0.3 is 0 Å². The summed E-state index contributed by atoms with van der Waals surface area (Å²) >= 11 is 0. The Morgan fingerprint density at radius 2 is 1.85 bits per heavy atom. The molecule has 1 atom stereocenters. The molecule has 2 aliphatic rings. The molecule has 0 spiro atoms. The Labute approximate surface area is 158 Å². The molecule has 9 heteroatoms. The number of hydrogen-bond acceptors (Lipinski definition) is 3. The van der Waals surface area contributed by atoms with Gasteiger partial charge in [-0.2, -0.15) is 4.31 Å². The van der Waals surface area contributed by atoms with E-state index in [1.165, 1.54) is 0 Å². The highest BCUT2D eigenvalue weighted by Crippen LogP contribution is 2.20. The van der Waals surface area contributed by atoms with Crippen molar-refractivity contribution < 1.29 is 26.9 Å². The normalized spacial score (nSPS) is 21.3. The van der Waals surface area contributed by atoms with E-state index in [0.29, 0.717) is 19.2 Å². The molecule has 150 valence electrons. The van der Waals surface area contributed by atoms with Gasteiger partial charge in [-0.15, -0.1) is 0 Å². The van der Waals surface area contributed by atoms with Gasteiger partial charge in [-0.3, -0.25) is 4.79 Å². The molecule has 3 rings (SSSR count). The standard InChI is InChI=1S/C18H25F2N3O3S/c1-13(18(24)21-15-4-2-3-5-15)22-8-10-23(11-9-22)27(25,26)17-12-14(19)6-7-16(17)20/h6-7,12-13,15H,2-5,8-11H2,1H3,(H,21,24)/p+1/t13-/m0/s1. The fourth-order valence-electron chi connectivity index (χ4n) is 3.84. The van der Waals surface area contributed by atoms with Crippen molar-refractivity contribution in [3.05, 3.63) is 29.8 Å². The summed E-state index contributed by atoms with van der Waals surface area (Å²) in [5.74, 6) is -1.77. The van der Waals surface area contributed by atoms with E-state index < -0.39 is 26.6 Å². The molecular weight excluding hydrogens is 376 g/mol. The Balaban J connectivity index is 1.60. The van der Waals surface area contributed by atoms with Gasteiger partial charge in [0.1, 0.15) is 16.5 Å². The van der Waals surface area contributed by atoms with Crippen LogP contribution in [0.3, 0.4) is 0 Å². The molecular formula is C18H26F2N3O3S+. The van der Waals surface area contributed by atoms with Crippen molar-refractivity contribution in [1.29, 1.82) is 0 Å². The fraction of sp³-hybridized carbons (Fsp3) is 0.611. The van der Waals surface area contributed by atoms with Crippen LogP contribution in [0.1, 0.15) is 32.6 Å². The van der Waals surface area contributed by atoms with Crippen molar-refractivity contribution in [2.75, 3.05) is 26.2 Å². The molecule has 6 nitrogen and oxygen atoms in total. The minimum Gasteiger partial charge on any atom is -0.348 e. The van der Waals surface area contributed by atoms with Crippen molar-refractivity contribution in [3.8, 4) is 0 Å². The molecule has 1 aromatic carbocycles. The van der Waals surface area contributed by atoms with Crippen molar-refractivity contribution in [1.82, 2.24) is 9.62 Å². The Morgan fingerprint density at radius 1 is 1.22 bits per heavy atom. The molecule has 1 aromatic rings. The van der Waals surface area contributed by atoms with E-state index in [-0.39, 0.29) is 31.1 Å². The quantitative estimate of drug-likeness (QED) is 0.744. The molecule has 0 bridgehead atoms. The summed E-state index contributed by atoms with van der Waals surface area (Å²) in [7, 11) is -4.10. The summed E-state index contributed by atoms with van der Waals surface area (Å²) in [6, 6.07) is 2.39. The number of sulfonamides is 1. The van der Waals surface area contributed by atoms with Crippen LogP contribution in [0.4, 0.5) is 8.78 Å². The van der Waals surface area contributed by atoms with Gasteiger partial charge in [-0.1, -0.05) is 12.8 Å². The summed E-state index contributed by atoms with van der Waals surface area (Å²) in [5, 5.41) is 3.07. The van der Waals surface area contributed by atoms with Crippen molar-refractivity contribution in [2.24, 2.45) is 0 Å². The third-order valence-corrected chi connectivity index (χ3v) is 7.50. The highest BCUT2D eigenvalue weighted by molar-refractivity contribution is 7.89. The van der Waals surface area contributed by atoms with Crippen LogP contribution in [0.25, 0.3) is 0 Å². The molecule has 0 radical (unpaired) electrons. The Bertz CT molecular complexity index is 789. The van der Waals surface area contributed by atoms with Gasteiger partial charge in [-0.25, -0.2) is 17.2 Å². The molecule has 27 heavy (non-hydrogen) atoms. The van der Waals surface area contributed by atoms with Gasteiger partial charge in [0.15, 0.2) is 6.04 Å². The van der Waals surface area contributed by atoms with E-state index >= 15 is 0 Å². The number of hydrogen-bond donors (Lipinski definition) is 2. The van der Waals surface area contributed by atoms with E-state index in [4.69, 9.17) is 0 Å². The molecule has 1 heterocycles. The third-order valence-electron chi connectivity index (χ3n) is 5.58. The lowest BCUT2D eigenvalue weighted by Gasteiger charge is -2.34. The Morgan fingerprint density at radius 3 is 2.48 bits per heavy atom. The van der Waals surface area contributed by atoms with Gasteiger partial charge in [0.25, 0.3) is 5.91 Å². The number of benzene rings is 1. The van der Waals surface area contributed by atoms with Crippen LogP contribution in [0, 0.1) is 11.6 Å². The molecule has 2 fully saturated rings. The summed E-state index contributed by atoms with van der Waals surface area (Å²) in [4.78, 5) is 12.8. The number of piperazine rings is 1. The Hall–Kier alpha value is -1.58. The van der Waals surface area contributed by atoms with Crippen LogP contribution in [-0.4, -0.2) is 56.9 Å². The highest BCUT2D eigenvalue weighted by Gasteiger charge is 2.36. The van der Waals surface area contributed by atoms with Crippen LogP contribution in [-0.2, 0) is 14.8 Å². The predicted octanol–water partition coefficient (Wildman–Crippen LogP) is 0.301. The number of carbonyl (C=O) groups is 1. The number of carbonyl (C=O) groups excluding carboxylic acids is 1. The first kappa shape index (κ1) is 20.2. The summed E-state index contributed by atoms with van der Waals surface area (Å²) in [5.41, 5.74) is 0. The highest BCUT2D eigenvalue weighted by atomic mass is 32.2. The first-order valence-corrected chi connectivity index (χ1v) is 10.8. The molecule has 1 aliphatic carbocycles. The minimum absolute atomic E-state index is 0.00983. The second-order valence-corrected chi connectivity index (χ2v) is 9.26. The Kier molecular flexibility index (Phi) is 6.12. The van der Waals surface area contributed by atoms with Gasteiger partial charge < -0.3 is 10.2 Å². The van der Waals surface area contributed by atoms with Crippen LogP contribution in [0.2, 0.25) is 0 Å². The second-order valence-electron chi connectivity index (χ2n) is 7.35. The van der Waals surface area contributed by atoms with Crippen molar-refractivity contribution in [3.63, 3.8) is 0 Å². The van der Waals surface area contributed by atoms with Crippen LogP contribution >= 0.6 is 0 Å². The molecule has 1 saturated heterocycles. The predicted molar refractivity (Wildman–Crippen MR) is 95.7 cm³/mol. The lowest BCUT2D eigenvalue weighted by molar-refractivity contribution is -0.917. The van der Waals surface area contributed by atoms with Crippen molar-refractivity contribution >= 4 is 15.9 Å². The van der Waals surface area contributed by atoms with E-state index in [0.717, 1.165) is 47.0 Å². The zero-order chi connectivity index (χ0) is 19.6. The second kappa shape index (κ2) is 8.20. The van der Waals surface area contributed by atoms with Crippen molar-refractivity contribution in [2.45, 2.75) is 49.6 Å². The maximum Gasteiger partial charge on any atom is 0.278 e. The number of rotatable bonds is 5. The van der Waals surface area contributed by atoms with Crippen LogP contribution < -0.4 is 10.2 Å². The van der Waals surface area contributed by atoms with Gasteiger partial charge in [0, 0.05) is 6.04 Å². The monoisotopic (exact) mass is 402 g/mol. The molecule has 1 amide bonds. The van der Waals surface area contributed by atoms with Gasteiger partial charge in [-0.05, 0) is 38.0 Å². The average Bonchev–Trinajstić information content (AvgIpc) is 3.16.